The minimum absolute atomic E-state index is 0.0846. The SMILES string of the molecule is COCCOCC1CCN(S(N)(=O)=O)CCO1. The summed E-state index contributed by atoms with van der Waals surface area (Å²) in [5.74, 6) is 0. The summed E-state index contributed by atoms with van der Waals surface area (Å²) in [6.45, 7) is 2.51. The Bertz CT molecular complexity index is 309. The van der Waals surface area contributed by atoms with E-state index in [4.69, 9.17) is 19.3 Å². The highest BCUT2D eigenvalue weighted by atomic mass is 32.2. The predicted octanol–water partition coefficient (Wildman–Crippen LogP) is -1.06. The largest absolute Gasteiger partial charge is 0.382 e. The van der Waals surface area contributed by atoms with Crippen molar-refractivity contribution in [3.8, 4) is 0 Å². The van der Waals surface area contributed by atoms with Gasteiger partial charge in [0.1, 0.15) is 0 Å². The molecule has 0 amide bonds. The molecule has 0 bridgehead atoms. The van der Waals surface area contributed by atoms with Gasteiger partial charge in [-0.1, -0.05) is 0 Å². The van der Waals surface area contributed by atoms with E-state index in [-0.39, 0.29) is 6.10 Å². The molecule has 7 nitrogen and oxygen atoms in total. The predicted molar refractivity (Wildman–Crippen MR) is 61.7 cm³/mol. The molecule has 17 heavy (non-hydrogen) atoms. The van der Waals surface area contributed by atoms with E-state index in [2.05, 4.69) is 0 Å². The monoisotopic (exact) mass is 268 g/mol. The maximum Gasteiger partial charge on any atom is 0.276 e. The number of nitrogens with two attached hydrogens (primary N) is 1. The van der Waals surface area contributed by atoms with E-state index in [0.717, 1.165) is 0 Å². The van der Waals surface area contributed by atoms with E-state index in [9.17, 15) is 8.42 Å². The van der Waals surface area contributed by atoms with Gasteiger partial charge in [-0.3, -0.25) is 0 Å². The van der Waals surface area contributed by atoms with Crippen LogP contribution in [0.4, 0.5) is 0 Å². The number of rotatable bonds is 6. The van der Waals surface area contributed by atoms with E-state index in [0.29, 0.717) is 45.9 Å². The van der Waals surface area contributed by atoms with Crippen LogP contribution >= 0.6 is 0 Å². The zero-order valence-corrected chi connectivity index (χ0v) is 10.8. The standard InChI is InChI=1S/C9H20N2O5S/c1-14-6-7-15-8-9-2-3-11(4-5-16-9)17(10,12)13/h9H,2-8H2,1H3,(H2,10,12,13). The summed E-state index contributed by atoms with van der Waals surface area (Å²) >= 11 is 0. The normalized spacial score (nSPS) is 23.5. The summed E-state index contributed by atoms with van der Waals surface area (Å²) in [6.07, 6.45) is 0.502. The second kappa shape index (κ2) is 7.24. The Balaban J connectivity index is 2.28. The molecule has 1 fully saturated rings. The average molecular weight is 268 g/mol. The first-order valence-electron chi connectivity index (χ1n) is 5.50. The van der Waals surface area contributed by atoms with Gasteiger partial charge in [0.2, 0.25) is 0 Å². The van der Waals surface area contributed by atoms with Crippen molar-refractivity contribution < 1.29 is 22.6 Å². The second-order valence-corrected chi connectivity index (χ2v) is 5.34. The van der Waals surface area contributed by atoms with E-state index in [1.54, 1.807) is 7.11 Å². The lowest BCUT2D eigenvalue weighted by Gasteiger charge is -2.16. The molecule has 2 N–H and O–H groups in total. The molecule has 8 heteroatoms. The summed E-state index contributed by atoms with van der Waals surface area (Å²) in [4.78, 5) is 0. The van der Waals surface area contributed by atoms with Crippen LogP contribution in [0.25, 0.3) is 0 Å². The number of nitrogens with zero attached hydrogens (tertiary/aromatic N) is 1. The van der Waals surface area contributed by atoms with Crippen molar-refractivity contribution in [2.45, 2.75) is 12.5 Å². The van der Waals surface area contributed by atoms with Crippen molar-refractivity contribution in [2.75, 3.05) is 46.6 Å². The first-order chi connectivity index (χ1) is 8.04. The molecule has 1 saturated heterocycles. The van der Waals surface area contributed by atoms with Crippen LogP contribution in [0.1, 0.15) is 6.42 Å². The van der Waals surface area contributed by atoms with E-state index in [1.807, 2.05) is 0 Å². The Morgan fingerprint density at radius 1 is 1.41 bits per heavy atom. The van der Waals surface area contributed by atoms with Gasteiger partial charge in [0.25, 0.3) is 10.2 Å². The molecule has 0 spiro atoms. The minimum atomic E-state index is -3.61. The van der Waals surface area contributed by atoms with Crippen molar-refractivity contribution in [3.63, 3.8) is 0 Å². The van der Waals surface area contributed by atoms with Crippen molar-refractivity contribution in [1.82, 2.24) is 4.31 Å². The molecule has 0 aromatic heterocycles. The number of methoxy groups -OCH3 is 1. The van der Waals surface area contributed by atoms with Gasteiger partial charge in [-0.25, -0.2) is 5.14 Å². The third-order valence-electron chi connectivity index (χ3n) is 2.49. The quantitative estimate of drug-likeness (QED) is 0.620. The van der Waals surface area contributed by atoms with Crippen LogP contribution in [0.2, 0.25) is 0 Å². The summed E-state index contributed by atoms with van der Waals surface area (Å²) in [5.41, 5.74) is 0. The number of hydrogen-bond acceptors (Lipinski definition) is 5. The molecule has 1 unspecified atom stereocenters. The lowest BCUT2D eigenvalue weighted by molar-refractivity contribution is -0.0218. The Morgan fingerprint density at radius 2 is 2.18 bits per heavy atom. The first-order valence-corrected chi connectivity index (χ1v) is 7.00. The molecule has 0 aromatic rings. The molecule has 0 aromatic carbocycles. The van der Waals surface area contributed by atoms with Crippen molar-refractivity contribution >= 4 is 10.2 Å². The lowest BCUT2D eigenvalue weighted by atomic mass is 10.3. The first kappa shape index (κ1) is 14.8. The summed E-state index contributed by atoms with van der Waals surface area (Å²) in [7, 11) is -2.00. The fraction of sp³-hybridized carbons (Fsp3) is 1.00. The van der Waals surface area contributed by atoms with Crippen LogP contribution in [-0.4, -0.2) is 65.5 Å². The lowest BCUT2D eigenvalue weighted by Crippen LogP contribution is -2.38. The zero-order chi connectivity index (χ0) is 12.7. The van der Waals surface area contributed by atoms with Gasteiger partial charge in [0.05, 0.1) is 32.5 Å². The molecule has 1 heterocycles. The van der Waals surface area contributed by atoms with Crippen molar-refractivity contribution in [1.29, 1.82) is 0 Å². The Kier molecular flexibility index (Phi) is 6.31. The molecule has 1 aliphatic heterocycles. The fourth-order valence-electron chi connectivity index (χ4n) is 1.55. The molecular formula is C9H20N2O5S. The Labute approximate surface area is 102 Å². The maximum atomic E-state index is 11.1. The summed E-state index contributed by atoms with van der Waals surface area (Å²) in [6, 6.07) is 0. The molecule has 1 atom stereocenters. The molecule has 102 valence electrons. The molecule has 1 rings (SSSR count). The van der Waals surface area contributed by atoms with Gasteiger partial charge >= 0.3 is 0 Å². The third kappa shape index (κ3) is 5.75. The number of hydrogen-bond donors (Lipinski definition) is 1. The molecule has 0 aliphatic carbocycles. The molecule has 1 aliphatic rings. The Morgan fingerprint density at radius 3 is 2.82 bits per heavy atom. The fourth-order valence-corrected chi connectivity index (χ4v) is 2.24. The highest BCUT2D eigenvalue weighted by Gasteiger charge is 2.23. The smallest absolute Gasteiger partial charge is 0.276 e. The summed E-state index contributed by atoms with van der Waals surface area (Å²) < 4.78 is 39.2. The van der Waals surface area contributed by atoms with Gasteiger partial charge < -0.3 is 14.2 Å². The molecular weight excluding hydrogens is 248 g/mol. The van der Waals surface area contributed by atoms with Crippen molar-refractivity contribution in [2.24, 2.45) is 5.14 Å². The maximum absolute atomic E-state index is 11.1. The van der Waals surface area contributed by atoms with Gasteiger partial charge in [0, 0.05) is 20.2 Å². The minimum Gasteiger partial charge on any atom is -0.382 e. The van der Waals surface area contributed by atoms with Crippen LogP contribution in [0.3, 0.4) is 0 Å². The number of ether oxygens (including phenoxy) is 3. The van der Waals surface area contributed by atoms with Crippen LogP contribution in [-0.2, 0) is 24.4 Å². The van der Waals surface area contributed by atoms with E-state index in [1.165, 1.54) is 4.31 Å². The van der Waals surface area contributed by atoms with Gasteiger partial charge in [0.15, 0.2) is 0 Å². The van der Waals surface area contributed by atoms with Crippen LogP contribution in [0, 0.1) is 0 Å². The average Bonchev–Trinajstić information content (AvgIpc) is 2.49. The topological polar surface area (TPSA) is 91.1 Å². The van der Waals surface area contributed by atoms with Crippen LogP contribution < -0.4 is 5.14 Å². The highest BCUT2D eigenvalue weighted by molar-refractivity contribution is 7.86. The second-order valence-electron chi connectivity index (χ2n) is 3.79. The zero-order valence-electron chi connectivity index (χ0n) is 10.0. The molecule has 0 radical (unpaired) electrons. The van der Waals surface area contributed by atoms with Crippen molar-refractivity contribution in [3.05, 3.63) is 0 Å². The Hall–Kier alpha value is -0.250. The van der Waals surface area contributed by atoms with E-state index >= 15 is 0 Å². The van der Waals surface area contributed by atoms with Crippen LogP contribution in [0.5, 0.6) is 0 Å². The highest BCUT2D eigenvalue weighted by Crippen LogP contribution is 2.09. The van der Waals surface area contributed by atoms with Gasteiger partial charge in [-0.05, 0) is 6.42 Å². The van der Waals surface area contributed by atoms with Crippen LogP contribution in [0.15, 0.2) is 0 Å². The third-order valence-corrected chi connectivity index (χ3v) is 3.58. The summed E-state index contributed by atoms with van der Waals surface area (Å²) in [5, 5.41) is 5.06. The van der Waals surface area contributed by atoms with Gasteiger partial charge in [-0.15, -0.1) is 0 Å². The molecule has 0 saturated carbocycles. The van der Waals surface area contributed by atoms with Gasteiger partial charge in [-0.2, -0.15) is 12.7 Å². The van der Waals surface area contributed by atoms with E-state index < -0.39 is 10.2 Å².